The number of methoxy groups -OCH3 is 1. The Hall–Kier alpha value is -1.42. The van der Waals surface area contributed by atoms with Gasteiger partial charge in [0.05, 0.1) is 6.61 Å². The predicted octanol–water partition coefficient (Wildman–Crippen LogP) is 1.37. The lowest BCUT2D eigenvalue weighted by Gasteiger charge is -2.17. The van der Waals surface area contributed by atoms with E-state index >= 15 is 0 Å². The second kappa shape index (κ2) is 5.46. The molecule has 0 aliphatic carbocycles. The van der Waals surface area contributed by atoms with Gasteiger partial charge in [0.2, 0.25) is 0 Å². The first kappa shape index (κ1) is 11.7. The fraction of sp³-hybridized carbons (Fsp3) is 0.455. The summed E-state index contributed by atoms with van der Waals surface area (Å²) >= 11 is 0. The van der Waals surface area contributed by atoms with E-state index < -0.39 is 0 Å². The topological polar surface area (TPSA) is 42.4 Å². The fourth-order valence-electron chi connectivity index (χ4n) is 1.16. The fourth-order valence-corrected chi connectivity index (χ4v) is 1.16. The minimum Gasteiger partial charge on any atom is -0.383 e. The summed E-state index contributed by atoms with van der Waals surface area (Å²) in [5.74, 6) is 0.880. The van der Waals surface area contributed by atoms with Gasteiger partial charge in [0.25, 0.3) is 0 Å². The lowest BCUT2D eigenvalue weighted by atomic mass is 10.2. The average Bonchev–Trinajstić information content (AvgIpc) is 2.26. The molecule has 1 heterocycles. The van der Waals surface area contributed by atoms with E-state index in [2.05, 4.69) is 4.98 Å². The van der Waals surface area contributed by atoms with Crippen molar-refractivity contribution in [3.05, 3.63) is 23.9 Å². The summed E-state index contributed by atoms with van der Waals surface area (Å²) in [6.45, 7) is 2.97. The number of ketones is 1. The summed E-state index contributed by atoms with van der Waals surface area (Å²) in [4.78, 5) is 17.2. The summed E-state index contributed by atoms with van der Waals surface area (Å²) in [5.41, 5.74) is 0.638. The molecule has 0 saturated carbocycles. The number of aromatic nitrogens is 1. The number of ether oxygens (including phenoxy) is 1. The van der Waals surface area contributed by atoms with E-state index in [0.717, 1.165) is 12.4 Å². The predicted molar refractivity (Wildman–Crippen MR) is 59.4 cm³/mol. The summed E-state index contributed by atoms with van der Waals surface area (Å²) in [6, 6.07) is 3.63. The highest BCUT2D eigenvalue weighted by Gasteiger charge is 2.03. The van der Waals surface area contributed by atoms with Crippen LogP contribution in [0.4, 0.5) is 5.82 Å². The molecule has 0 spiro atoms. The van der Waals surface area contributed by atoms with E-state index in [1.165, 1.54) is 6.92 Å². The van der Waals surface area contributed by atoms with Crippen molar-refractivity contribution in [2.24, 2.45) is 0 Å². The number of carbonyl (C=O) groups is 1. The summed E-state index contributed by atoms with van der Waals surface area (Å²) < 4.78 is 4.97. The lowest BCUT2D eigenvalue weighted by Crippen LogP contribution is -2.22. The number of rotatable bonds is 5. The smallest absolute Gasteiger partial charge is 0.161 e. The van der Waals surface area contributed by atoms with Crippen molar-refractivity contribution < 1.29 is 9.53 Å². The van der Waals surface area contributed by atoms with E-state index in [1.54, 1.807) is 19.4 Å². The molecule has 0 aliphatic heterocycles. The molecular weight excluding hydrogens is 192 g/mol. The molecule has 0 N–H and O–H groups in total. The number of pyridine rings is 1. The van der Waals surface area contributed by atoms with Crippen LogP contribution in [0.5, 0.6) is 0 Å². The Morgan fingerprint density at radius 1 is 1.53 bits per heavy atom. The molecule has 0 aliphatic rings. The Balaban J connectivity index is 2.66. The molecule has 15 heavy (non-hydrogen) atoms. The van der Waals surface area contributed by atoms with Gasteiger partial charge in [-0.25, -0.2) is 4.98 Å². The van der Waals surface area contributed by atoms with Gasteiger partial charge in [-0.05, 0) is 19.1 Å². The van der Waals surface area contributed by atoms with Crippen LogP contribution in [0.2, 0.25) is 0 Å². The summed E-state index contributed by atoms with van der Waals surface area (Å²) in [5, 5.41) is 0. The van der Waals surface area contributed by atoms with Gasteiger partial charge in [-0.1, -0.05) is 0 Å². The molecule has 0 atom stereocenters. The van der Waals surface area contributed by atoms with Crippen molar-refractivity contribution in [1.82, 2.24) is 4.98 Å². The number of Topliss-reactive ketones (excluding diaryl/α,β-unsaturated/α-hetero) is 1. The van der Waals surface area contributed by atoms with Crippen molar-refractivity contribution >= 4 is 11.6 Å². The van der Waals surface area contributed by atoms with Crippen LogP contribution in [0.25, 0.3) is 0 Å². The summed E-state index contributed by atoms with van der Waals surface area (Å²) in [6.07, 6.45) is 1.60. The molecule has 0 radical (unpaired) electrons. The van der Waals surface area contributed by atoms with Gasteiger partial charge in [-0.3, -0.25) is 4.79 Å². The second-order valence-electron chi connectivity index (χ2n) is 3.38. The Kier molecular flexibility index (Phi) is 4.24. The molecule has 4 nitrogen and oxygen atoms in total. The Morgan fingerprint density at radius 2 is 2.27 bits per heavy atom. The number of nitrogens with zero attached hydrogens (tertiary/aromatic N) is 2. The molecule has 0 aromatic carbocycles. The van der Waals surface area contributed by atoms with Crippen LogP contribution in [0.15, 0.2) is 18.3 Å². The number of hydrogen-bond donors (Lipinski definition) is 0. The molecule has 0 bridgehead atoms. The van der Waals surface area contributed by atoms with Crippen LogP contribution in [-0.2, 0) is 4.74 Å². The molecule has 0 saturated heterocycles. The molecule has 1 aromatic heterocycles. The minimum absolute atomic E-state index is 0.0357. The van der Waals surface area contributed by atoms with Crippen LogP contribution < -0.4 is 4.90 Å². The normalized spacial score (nSPS) is 10.1. The van der Waals surface area contributed by atoms with Crippen molar-refractivity contribution in [2.75, 3.05) is 32.2 Å². The molecule has 0 fully saturated rings. The SMILES string of the molecule is COCCN(C)c1ccc(C(C)=O)cn1. The molecule has 1 rings (SSSR count). The van der Waals surface area contributed by atoms with Gasteiger partial charge in [0.1, 0.15) is 5.82 Å². The molecule has 4 heteroatoms. The first-order valence-corrected chi connectivity index (χ1v) is 4.82. The largest absolute Gasteiger partial charge is 0.383 e. The third-order valence-electron chi connectivity index (χ3n) is 2.18. The minimum atomic E-state index is 0.0357. The van der Waals surface area contributed by atoms with Gasteiger partial charge in [-0.15, -0.1) is 0 Å². The van der Waals surface area contributed by atoms with Gasteiger partial charge in [-0.2, -0.15) is 0 Å². The van der Waals surface area contributed by atoms with Crippen LogP contribution >= 0.6 is 0 Å². The van der Waals surface area contributed by atoms with Crippen LogP contribution in [0.3, 0.4) is 0 Å². The van der Waals surface area contributed by atoms with Gasteiger partial charge < -0.3 is 9.64 Å². The second-order valence-corrected chi connectivity index (χ2v) is 3.38. The van der Waals surface area contributed by atoms with Crippen molar-refractivity contribution in [1.29, 1.82) is 0 Å². The van der Waals surface area contributed by atoms with Crippen LogP contribution in [0, 0.1) is 0 Å². The number of hydrogen-bond acceptors (Lipinski definition) is 4. The monoisotopic (exact) mass is 208 g/mol. The number of carbonyl (C=O) groups excluding carboxylic acids is 1. The standard InChI is InChI=1S/C11H16N2O2/c1-9(14)10-4-5-11(12-8-10)13(2)6-7-15-3/h4-5,8H,6-7H2,1-3H3. The van der Waals surface area contributed by atoms with Crippen molar-refractivity contribution in [3.63, 3.8) is 0 Å². The van der Waals surface area contributed by atoms with Crippen molar-refractivity contribution in [3.8, 4) is 0 Å². The van der Waals surface area contributed by atoms with E-state index in [1.807, 2.05) is 18.0 Å². The maximum absolute atomic E-state index is 11.0. The number of anilines is 1. The highest BCUT2D eigenvalue weighted by Crippen LogP contribution is 2.09. The third kappa shape index (κ3) is 3.32. The van der Waals surface area contributed by atoms with E-state index in [0.29, 0.717) is 12.2 Å². The first-order valence-electron chi connectivity index (χ1n) is 4.82. The zero-order valence-electron chi connectivity index (χ0n) is 9.36. The number of likely N-dealkylation sites (N-methyl/N-ethyl adjacent to an activating group) is 1. The third-order valence-corrected chi connectivity index (χ3v) is 2.18. The Labute approximate surface area is 89.9 Å². The van der Waals surface area contributed by atoms with Crippen molar-refractivity contribution in [2.45, 2.75) is 6.92 Å². The quantitative estimate of drug-likeness (QED) is 0.685. The van der Waals surface area contributed by atoms with Gasteiger partial charge in [0.15, 0.2) is 5.78 Å². The average molecular weight is 208 g/mol. The Morgan fingerprint density at radius 3 is 2.73 bits per heavy atom. The van der Waals surface area contributed by atoms with E-state index in [-0.39, 0.29) is 5.78 Å². The summed E-state index contributed by atoms with van der Waals surface area (Å²) in [7, 11) is 3.61. The Bertz CT molecular complexity index is 322. The van der Waals surface area contributed by atoms with E-state index in [9.17, 15) is 4.79 Å². The van der Waals surface area contributed by atoms with Gasteiger partial charge in [0, 0.05) is 32.5 Å². The molecular formula is C11H16N2O2. The van der Waals surface area contributed by atoms with E-state index in [4.69, 9.17) is 4.74 Å². The molecule has 82 valence electrons. The highest BCUT2D eigenvalue weighted by atomic mass is 16.5. The zero-order valence-corrected chi connectivity index (χ0v) is 9.36. The zero-order chi connectivity index (χ0) is 11.3. The van der Waals surface area contributed by atoms with Gasteiger partial charge >= 0.3 is 0 Å². The molecule has 1 aromatic rings. The lowest BCUT2D eigenvalue weighted by molar-refractivity contribution is 0.101. The van der Waals surface area contributed by atoms with Crippen LogP contribution in [0.1, 0.15) is 17.3 Å². The molecule has 0 unspecified atom stereocenters. The highest BCUT2D eigenvalue weighted by molar-refractivity contribution is 5.93. The molecule has 0 amide bonds. The maximum Gasteiger partial charge on any atom is 0.161 e. The maximum atomic E-state index is 11.0. The van der Waals surface area contributed by atoms with Crippen LogP contribution in [-0.4, -0.2) is 38.1 Å². The first-order chi connectivity index (χ1) is 7.15.